The Balaban J connectivity index is 1.93. The fraction of sp³-hybridized carbons (Fsp3) is 0.385. The lowest BCUT2D eigenvalue weighted by atomic mass is 10.2. The molecular weight excluding hydrogens is 294 g/mol. The Morgan fingerprint density at radius 2 is 2.24 bits per heavy atom. The number of carbonyl (C=O) groups is 1. The van der Waals surface area contributed by atoms with Crippen molar-refractivity contribution < 1.29 is 9.90 Å². The Bertz CT molecular complexity index is 695. The van der Waals surface area contributed by atoms with Crippen LogP contribution >= 0.6 is 11.6 Å². The minimum absolute atomic E-state index is 0.0602. The van der Waals surface area contributed by atoms with E-state index in [9.17, 15) is 4.79 Å². The van der Waals surface area contributed by atoms with Crippen LogP contribution in [0.1, 0.15) is 6.42 Å². The van der Waals surface area contributed by atoms with Gasteiger partial charge < -0.3 is 14.9 Å². The van der Waals surface area contributed by atoms with Crippen LogP contribution in [0.15, 0.2) is 18.5 Å². The van der Waals surface area contributed by atoms with E-state index in [2.05, 4.69) is 15.0 Å². The van der Waals surface area contributed by atoms with E-state index < -0.39 is 6.09 Å². The molecule has 0 aliphatic carbocycles. The first kappa shape index (κ1) is 13.8. The van der Waals surface area contributed by atoms with Gasteiger partial charge in [-0.25, -0.2) is 14.8 Å². The molecule has 3 heterocycles. The summed E-state index contributed by atoms with van der Waals surface area (Å²) >= 11 is 6.04. The van der Waals surface area contributed by atoms with Crippen LogP contribution in [0.3, 0.4) is 0 Å². The first-order valence-corrected chi connectivity index (χ1v) is 6.92. The molecule has 2 aromatic heterocycles. The summed E-state index contributed by atoms with van der Waals surface area (Å²) in [5, 5.41) is 9.42. The summed E-state index contributed by atoms with van der Waals surface area (Å²) in [5.41, 5.74) is 1.36. The second-order valence-electron chi connectivity index (χ2n) is 4.97. The molecule has 1 fully saturated rings. The molecule has 0 radical (unpaired) electrons. The van der Waals surface area contributed by atoms with Crippen LogP contribution in [-0.2, 0) is 0 Å². The van der Waals surface area contributed by atoms with E-state index in [-0.39, 0.29) is 6.04 Å². The number of carboxylic acid groups (broad SMARTS) is 1. The molecule has 7 nitrogen and oxygen atoms in total. The van der Waals surface area contributed by atoms with Gasteiger partial charge in [0, 0.05) is 38.6 Å². The van der Waals surface area contributed by atoms with E-state index in [1.807, 2.05) is 4.90 Å². The molecule has 3 rings (SSSR count). The molecule has 0 bridgehead atoms. The Morgan fingerprint density at radius 3 is 3.00 bits per heavy atom. The quantitative estimate of drug-likeness (QED) is 0.853. The Labute approximate surface area is 126 Å². The van der Waals surface area contributed by atoms with Crippen LogP contribution < -0.4 is 4.90 Å². The van der Waals surface area contributed by atoms with Crippen LogP contribution in [0.5, 0.6) is 0 Å². The number of fused-ring (bicyclic) bond motifs is 1. The highest BCUT2D eigenvalue weighted by Crippen LogP contribution is 2.28. The molecule has 0 saturated carbocycles. The molecule has 1 atom stereocenters. The maximum absolute atomic E-state index is 11.0. The van der Waals surface area contributed by atoms with E-state index in [4.69, 9.17) is 16.7 Å². The summed E-state index contributed by atoms with van der Waals surface area (Å²) in [6.45, 7) is 1.28. The average Bonchev–Trinajstić information content (AvgIpc) is 2.94. The molecule has 8 heteroatoms. The predicted octanol–water partition coefficient (Wildman–Crippen LogP) is 1.87. The van der Waals surface area contributed by atoms with Crippen molar-refractivity contribution in [3.63, 3.8) is 0 Å². The van der Waals surface area contributed by atoms with Gasteiger partial charge in [0.15, 0.2) is 5.82 Å². The maximum Gasteiger partial charge on any atom is 0.407 e. The van der Waals surface area contributed by atoms with Crippen molar-refractivity contribution in [3.8, 4) is 0 Å². The van der Waals surface area contributed by atoms with Crippen LogP contribution in [0, 0.1) is 0 Å². The fourth-order valence-corrected chi connectivity index (χ4v) is 2.74. The topological polar surface area (TPSA) is 82.5 Å². The number of aromatic nitrogens is 3. The first-order chi connectivity index (χ1) is 10.1. The van der Waals surface area contributed by atoms with Crippen molar-refractivity contribution >= 4 is 34.5 Å². The van der Waals surface area contributed by atoms with E-state index in [0.717, 1.165) is 6.42 Å². The molecule has 21 heavy (non-hydrogen) atoms. The summed E-state index contributed by atoms with van der Waals surface area (Å²) in [5.74, 6) is 0.659. The van der Waals surface area contributed by atoms with Gasteiger partial charge in [0.2, 0.25) is 0 Å². The van der Waals surface area contributed by atoms with Crippen molar-refractivity contribution in [3.05, 3.63) is 23.6 Å². The van der Waals surface area contributed by atoms with Gasteiger partial charge in [0.25, 0.3) is 0 Å². The van der Waals surface area contributed by atoms with Crippen LogP contribution in [-0.4, -0.2) is 57.2 Å². The summed E-state index contributed by atoms with van der Waals surface area (Å²) in [6.07, 6.45) is 3.04. The molecule has 1 saturated heterocycles. The van der Waals surface area contributed by atoms with Gasteiger partial charge in [-0.05, 0) is 6.42 Å². The van der Waals surface area contributed by atoms with Gasteiger partial charge in [0.05, 0.1) is 11.6 Å². The third-order valence-corrected chi connectivity index (χ3v) is 3.91. The van der Waals surface area contributed by atoms with Crippen LogP contribution in [0.4, 0.5) is 10.6 Å². The standard InChI is InChI=1S/C13H14ClN5O2/c1-18(13(20)21)8-2-5-19(7-8)12-11-9(6-10(14)17-12)15-3-4-16-11/h3-4,6,8H,2,5,7H2,1H3,(H,20,21). The highest BCUT2D eigenvalue weighted by molar-refractivity contribution is 6.30. The van der Waals surface area contributed by atoms with E-state index in [0.29, 0.717) is 35.1 Å². The molecule has 1 aliphatic heterocycles. The molecule has 1 N–H and O–H groups in total. The van der Waals surface area contributed by atoms with Gasteiger partial charge >= 0.3 is 6.09 Å². The van der Waals surface area contributed by atoms with E-state index in [1.54, 1.807) is 25.5 Å². The number of nitrogens with zero attached hydrogens (tertiary/aromatic N) is 5. The van der Waals surface area contributed by atoms with Crippen molar-refractivity contribution in [2.75, 3.05) is 25.0 Å². The second kappa shape index (κ2) is 5.33. The largest absolute Gasteiger partial charge is 0.465 e. The van der Waals surface area contributed by atoms with Crippen LogP contribution in [0.25, 0.3) is 11.0 Å². The average molecular weight is 308 g/mol. The highest BCUT2D eigenvalue weighted by atomic mass is 35.5. The van der Waals surface area contributed by atoms with Crippen molar-refractivity contribution in [2.45, 2.75) is 12.5 Å². The number of anilines is 1. The molecule has 1 amide bonds. The van der Waals surface area contributed by atoms with Gasteiger partial charge in [-0.3, -0.25) is 4.98 Å². The van der Waals surface area contributed by atoms with Gasteiger partial charge in [-0.15, -0.1) is 0 Å². The second-order valence-corrected chi connectivity index (χ2v) is 5.36. The van der Waals surface area contributed by atoms with Gasteiger partial charge in [-0.1, -0.05) is 11.6 Å². The minimum atomic E-state index is -0.925. The third kappa shape index (κ3) is 2.56. The molecular formula is C13H14ClN5O2. The number of halogens is 1. The number of hydrogen-bond acceptors (Lipinski definition) is 5. The predicted molar refractivity (Wildman–Crippen MR) is 78.7 cm³/mol. The zero-order valence-electron chi connectivity index (χ0n) is 11.4. The number of hydrogen-bond donors (Lipinski definition) is 1. The zero-order chi connectivity index (χ0) is 15.0. The number of rotatable bonds is 2. The first-order valence-electron chi connectivity index (χ1n) is 6.54. The maximum atomic E-state index is 11.0. The Kier molecular flexibility index (Phi) is 3.50. The lowest BCUT2D eigenvalue weighted by Crippen LogP contribution is -2.38. The zero-order valence-corrected chi connectivity index (χ0v) is 12.2. The molecule has 2 aromatic rings. The Morgan fingerprint density at radius 1 is 1.48 bits per heavy atom. The van der Waals surface area contributed by atoms with Crippen molar-refractivity contribution in [1.29, 1.82) is 0 Å². The van der Waals surface area contributed by atoms with E-state index in [1.165, 1.54) is 4.90 Å². The van der Waals surface area contributed by atoms with Crippen LogP contribution in [0.2, 0.25) is 5.15 Å². The molecule has 1 aliphatic rings. The smallest absolute Gasteiger partial charge is 0.407 e. The molecule has 110 valence electrons. The summed E-state index contributed by atoms with van der Waals surface area (Å²) in [6, 6.07) is 1.61. The number of pyridine rings is 1. The third-order valence-electron chi connectivity index (χ3n) is 3.72. The lowest BCUT2D eigenvalue weighted by Gasteiger charge is -2.22. The van der Waals surface area contributed by atoms with Gasteiger partial charge in [0.1, 0.15) is 10.7 Å². The Hall–Kier alpha value is -2.15. The minimum Gasteiger partial charge on any atom is -0.465 e. The summed E-state index contributed by atoms with van der Waals surface area (Å²) in [7, 11) is 1.58. The summed E-state index contributed by atoms with van der Waals surface area (Å²) in [4.78, 5) is 27.3. The SMILES string of the molecule is CN(C(=O)O)C1CCN(c2nc(Cl)cc3nccnc23)C1. The van der Waals surface area contributed by atoms with Crippen molar-refractivity contribution in [1.82, 2.24) is 19.9 Å². The van der Waals surface area contributed by atoms with Crippen molar-refractivity contribution in [2.24, 2.45) is 0 Å². The normalized spacial score (nSPS) is 18.2. The molecule has 0 spiro atoms. The number of likely N-dealkylation sites (N-methyl/N-ethyl adjacent to an activating group) is 1. The van der Waals surface area contributed by atoms with Gasteiger partial charge in [-0.2, -0.15) is 0 Å². The number of amides is 1. The monoisotopic (exact) mass is 307 g/mol. The lowest BCUT2D eigenvalue weighted by molar-refractivity contribution is 0.142. The molecule has 0 aromatic carbocycles. The highest BCUT2D eigenvalue weighted by Gasteiger charge is 2.30. The molecule has 1 unspecified atom stereocenters. The fourth-order valence-electron chi connectivity index (χ4n) is 2.55. The summed E-state index contributed by atoms with van der Waals surface area (Å²) < 4.78 is 0. The van der Waals surface area contributed by atoms with E-state index >= 15 is 0 Å².